The van der Waals surface area contributed by atoms with Crippen LogP contribution in [0.25, 0.3) is 0 Å². The lowest BCUT2D eigenvalue weighted by Gasteiger charge is -2.36. The number of anilines is 2. The Kier molecular flexibility index (Phi) is 6.87. The molecule has 9 heteroatoms. The number of piperazine rings is 1. The number of nitrogens with zero attached hydrogens (tertiary/aromatic N) is 3. The van der Waals surface area contributed by atoms with Crippen molar-refractivity contribution in [1.82, 2.24) is 10.2 Å². The zero-order valence-electron chi connectivity index (χ0n) is 18.5. The molecule has 0 saturated carbocycles. The fraction of sp³-hybridized carbons (Fsp3) is 0.333. The summed E-state index contributed by atoms with van der Waals surface area (Å²) < 4.78 is 4.95. The third kappa shape index (κ3) is 5.49. The molecular weight excluding hydrogens is 422 g/mol. The minimum Gasteiger partial charge on any atom is -0.462 e. The van der Waals surface area contributed by atoms with Gasteiger partial charge in [0.15, 0.2) is 0 Å². The first-order valence-electron chi connectivity index (χ1n) is 11.0. The van der Waals surface area contributed by atoms with Crippen molar-refractivity contribution in [3.8, 4) is 0 Å². The maximum absolute atomic E-state index is 12.4. The molecule has 0 spiro atoms. The number of esters is 1. The van der Waals surface area contributed by atoms with Crippen LogP contribution >= 0.6 is 0 Å². The zero-order valence-corrected chi connectivity index (χ0v) is 18.5. The molecule has 2 heterocycles. The topological polar surface area (TPSA) is 103 Å². The lowest BCUT2D eigenvalue weighted by molar-refractivity contribution is -0.123. The van der Waals surface area contributed by atoms with E-state index in [2.05, 4.69) is 32.7 Å². The van der Waals surface area contributed by atoms with E-state index in [9.17, 15) is 14.4 Å². The SMILES string of the molecule is CCOC(=O)c1ccc(NC(=O)C[C@@H]2N=C(N3CCN(c4ccccc4)CC3)NC2=O)cc1. The second-order valence-electron chi connectivity index (χ2n) is 7.82. The number of hydrogen-bond acceptors (Lipinski definition) is 7. The van der Waals surface area contributed by atoms with E-state index in [1.165, 1.54) is 5.69 Å². The van der Waals surface area contributed by atoms with Gasteiger partial charge in [0.1, 0.15) is 6.04 Å². The summed E-state index contributed by atoms with van der Waals surface area (Å²) in [5.74, 6) is -0.477. The molecule has 1 saturated heterocycles. The summed E-state index contributed by atoms with van der Waals surface area (Å²) in [6.45, 7) is 5.16. The van der Waals surface area contributed by atoms with Crippen LogP contribution in [0.2, 0.25) is 0 Å². The number of aliphatic imine (C=N–C) groups is 1. The van der Waals surface area contributed by atoms with Gasteiger partial charge in [0, 0.05) is 37.6 Å². The fourth-order valence-corrected chi connectivity index (χ4v) is 3.84. The largest absolute Gasteiger partial charge is 0.462 e. The standard InChI is InChI=1S/C24H27N5O4/c1-2-33-23(32)17-8-10-18(11-9-17)25-21(30)16-20-22(31)27-24(26-20)29-14-12-28(13-15-29)19-6-4-3-5-7-19/h3-11,20H,2,12-16H2,1H3,(H,25,30)(H,26,27,31)/t20-/m0/s1. The number of guanidine groups is 1. The van der Waals surface area contributed by atoms with Gasteiger partial charge in [-0.2, -0.15) is 0 Å². The molecule has 0 aromatic heterocycles. The summed E-state index contributed by atoms with van der Waals surface area (Å²) >= 11 is 0. The highest BCUT2D eigenvalue weighted by molar-refractivity contribution is 6.07. The van der Waals surface area contributed by atoms with E-state index in [0.717, 1.165) is 26.2 Å². The fourth-order valence-electron chi connectivity index (χ4n) is 3.84. The number of ether oxygens (including phenoxy) is 1. The predicted octanol–water partition coefficient (Wildman–Crippen LogP) is 1.87. The van der Waals surface area contributed by atoms with E-state index in [0.29, 0.717) is 23.8 Å². The Balaban J connectivity index is 1.29. The van der Waals surface area contributed by atoms with Crippen LogP contribution in [-0.2, 0) is 14.3 Å². The van der Waals surface area contributed by atoms with Crippen LogP contribution in [0.4, 0.5) is 11.4 Å². The summed E-state index contributed by atoms with van der Waals surface area (Å²) in [5, 5.41) is 5.56. The number of nitrogens with one attached hydrogen (secondary N) is 2. The van der Waals surface area contributed by atoms with E-state index in [1.807, 2.05) is 23.1 Å². The zero-order chi connectivity index (χ0) is 23.2. The third-order valence-corrected chi connectivity index (χ3v) is 5.57. The molecule has 1 fully saturated rings. The molecule has 0 bridgehead atoms. The molecule has 0 unspecified atom stereocenters. The smallest absolute Gasteiger partial charge is 0.338 e. The number of benzene rings is 2. The Hall–Kier alpha value is -3.88. The first-order chi connectivity index (χ1) is 16.0. The molecule has 172 valence electrons. The third-order valence-electron chi connectivity index (χ3n) is 5.57. The van der Waals surface area contributed by atoms with Gasteiger partial charge in [-0.05, 0) is 43.3 Å². The van der Waals surface area contributed by atoms with Crippen molar-refractivity contribution >= 4 is 35.1 Å². The summed E-state index contributed by atoms with van der Waals surface area (Å²) in [6, 6.07) is 15.9. The molecule has 33 heavy (non-hydrogen) atoms. The molecule has 4 rings (SSSR count). The second kappa shape index (κ2) is 10.2. The average molecular weight is 450 g/mol. The molecule has 2 N–H and O–H groups in total. The van der Waals surface area contributed by atoms with Gasteiger partial charge in [-0.25, -0.2) is 9.79 Å². The highest BCUT2D eigenvalue weighted by Gasteiger charge is 2.32. The summed E-state index contributed by atoms with van der Waals surface area (Å²) in [4.78, 5) is 45.4. The van der Waals surface area contributed by atoms with Crippen molar-refractivity contribution in [2.24, 2.45) is 4.99 Å². The Morgan fingerprint density at radius 1 is 1.03 bits per heavy atom. The van der Waals surface area contributed by atoms with E-state index in [1.54, 1.807) is 31.2 Å². The van der Waals surface area contributed by atoms with Gasteiger partial charge in [0.2, 0.25) is 11.9 Å². The van der Waals surface area contributed by atoms with Crippen LogP contribution in [0.1, 0.15) is 23.7 Å². The molecule has 2 aromatic carbocycles. The van der Waals surface area contributed by atoms with Gasteiger partial charge in [0.05, 0.1) is 18.6 Å². The van der Waals surface area contributed by atoms with Gasteiger partial charge < -0.3 is 19.9 Å². The van der Waals surface area contributed by atoms with Crippen LogP contribution in [-0.4, -0.2) is 67.5 Å². The molecule has 9 nitrogen and oxygen atoms in total. The number of rotatable bonds is 6. The molecule has 1 atom stereocenters. The van der Waals surface area contributed by atoms with E-state index in [-0.39, 0.29) is 18.2 Å². The minimum absolute atomic E-state index is 0.0566. The van der Waals surface area contributed by atoms with Crippen LogP contribution in [0.3, 0.4) is 0 Å². The van der Waals surface area contributed by atoms with Crippen molar-refractivity contribution in [2.45, 2.75) is 19.4 Å². The molecular formula is C24H27N5O4. The quantitative estimate of drug-likeness (QED) is 0.653. The Morgan fingerprint density at radius 2 is 1.70 bits per heavy atom. The maximum atomic E-state index is 12.4. The molecule has 0 aliphatic carbocycles. The highest BCUT2D eigenvalue weighted by Crippen LogP contribution is 2.17. The molecule has 2 amide bonds. The number of para-hydroxylation sites is 1. The van der Waals surface area contributed by atoms with Crippen molar-refractivity contribution in [2.75, 3.05) is 43.0 Å². The first-order valence-corrected chi connectivity index (χ1v) is 11.0. The first kappa shape index (κ1) is 22.3. The number of carbonyl (C=O) groups is 3. The van der Waals surface area contributed by atoms with Gasteiger partial charge in [-0.3, -0.25) is 14.9 Å². The van der Waals surface area contributed by atoms with Gasteiger partial charge in [-0.15, -0.1) is 0 Å². The monoisotopic (exact) mass is 449 g/mol. The minimum atomic E-state index is -0.758. The second-order valence-corrected chi connectivity index (χ2v) is 7.82. The average Bonchev–Trinajstić information content (AvgIpc) is 3.20. The van der Waals surface area contributed by atoms with E-state index >= 15 is 0 Å². The van der Waals surface area contributed by atoms with Gasteiger partial charge in [0.25, 0.3) is 5.91 Å². The molecule has 0 radical (unpaired) electrons. The van der Waals surface area contributed by atoms with Crippen molar-refractivity contribution < 1.29 is 19.1 Å². The van der Waals surface area contributed by atoms with Crippen LogP contribution in [0.15, 0.2) is 59.6 Å². The van der Waals surface area contributed by atoms with Crippen molar-refractivity contribution in [3.05, 3.63) is 60.2 Å². The van der Waals surface area contributed by atoms with Gasteiger partial charge >= 0.3 is 5.97 Å². The van der Waals surface area contributed by atoms with E-state index < -0.39 is 12.0 Å². The van der Waals surface area contributed by atoms with Crippen molar-refractivity contribution in [3.63, 3.8) is 0 Å². The van der Waals surface area contributed by atoms with Crippen LogP contribution in [0, 0.1) is 0 Å². The molecule has 2 aromatic rings. The Bertz CT molecular complexity index is 1030. The van der Waals surface area contributed by atoms with Gasteiger partial charge in [-0.1, -0.05) is 18.2 Å². The summed E-state index contributed by atoms with van der Waals surface area (Å²) in [7, 11) is 0. The Labute approximate surface area is 192 Å². The predicted molar refractivity (Wildman–Crippen MR) is 125 cm³/mol. The summed E-state index contributed by atoms with van der Waals surface area (Å²) in [6.07, 6.45) is -0.0566. The lowest BCUT2D eigenvalue weighted by Crippen LogP contribution is -2.52. The number of amides is 2. The molecule has 2 aliphatic heterocycles. The van der Waals surface area contributed by atoms with E-state index in [4.69, 9.17) is 4.74 Å². The summed E-state index contributed by atoms with van der Waals surface area (Å²) in [5.41, 5.74) is 2.12. The lowest BCUT2D eigenvalue weighted by atomic mass is 10.2. The molecule has 2 aliphatic rings. The van der Waals surface area contributed by atoms with Crippen molar-refractivity contribution in [1.29, 1.82) is 0 Å². The maximum Gasteiger partial charge on any atom is 0.338 e. The highest BCUT2D eigenvalue weighted by atomic mass is 16.5. The number of carbonyl (C=O) groups excluding carboxylic acids is 3. The number of hydrogen-bond donors (Lipinski definition) is 2. The van der Waals surface area contributed by atoms with Crippen LogP contribution < -0.4 is 15.5 Å². The van der Waals surface area contributed by atoms with Crippen LogP contribution in [0.5, 0.6) is 0 Å². The Morgan fingerprint density at radius 3 is 2.36 bits per heavy atom. The normalized spacial score (nSPS) is 17.9.